The molecule has 0 aromatic carbocycles. The number of nitrogens with zero attached hydrogens (tertiary/aromatic N) is 8. The van der Waals surface area contributed by atoms with Crippen molar-refractivity contribution in [2.45, 2.75) is 56.0 Å². The summed E-state index contributed by atoms with van der Waals surface area (Å²) in [4.78, 5) is 23.7. The van der Waals surface area contributed by atoms with Crippen molar-refractivity contribution in [3.8, 4) is 11.1 Å². The number of pyridine rings is 2. The van der Waals surface area contributed by atoms with Gasteiger partial charge in [-0.1, -0.05) is 25.3 Å². The molecule has 2 fully saturated rings. The summed E-state index contributed by atoms with van der Waals surface area (Å²) in [6, 6.07) is 7.30. The van der Waals surface area contributed by atoms with Gasteiger partial charge in [0.2, 0.25) is 5.91 Å². The maximum Gasteiger partial charge on any atom is 0.301 e. The number of hydrogen-bond donors (Lipinski definition) is 0. The van der Waals surface area contributed by atoms with Gasteiger partial charge in [-0.3, -0.25) is 18.9 Å². The molecule has 1 amide bonds. The fourth-order valence-electron chi connectivity index (χ4n) is 6.07. The molecule has 0 bridgehead atoms. The Morgan fingerprint density at radius 1 is 0.875 bits per heavy atom. The highest BCUT2D eigenvalue weighted by Crippen LogP contribution is 2.30. The van der Waals surface area contributed by atoms with Gasteiger partial charge >= 0.3 is 10.0 Å². The van der Waals surface area contributed by atoms with Gasteiger partial charge in [-0.25, -0.2) is 4.98 Å². The van der Waals surface area contributed by atoms with Crippen LogP contribution in [-0.4, -0.2) is 65.6 Å². The number of rotatable bonds is 5. The zero-order chi connectivity index (χ0) is 27.3. The first-order valence-electron chi connectivity index (χ1n) is 13.8. The van der Waals surface area contributed by atoms with Crippen molar-refractivity contribution in [1.82, 2.24) is 38.2 Å². The second-order valence-electron chi connectivity index (χ2n) is 10.7. The summed E-state index contributed by atoms with van der Waals surface area (Å²) in [5.74, 6) is 0.531. The summed E-state index contributed by atoms with van der Waals surface area (Å²) < 4.78 is 31.7. The van der Waals surface area contributed by atoms with Crippen molar-refractivity contribution in [2.75, 3.05) is 13.1 Å². The minimum atomic E-state index is -4.02. The molecule has 0 spiro atoms. The van der Waals surface area contributed by atoms with E-state index in [1.165, 1.54) is 23.2 Å². The minimum Gasteiger partial charge on any atom is -0.342 e. The van der Waals surface area contributed by atoms with Crippen molar-refractivity contribution in [3.05, 3.63) is 61.4 Å². The van der Waals surface area contributed by atoms with E-state index in [0.717, 1.165) is 66.8 Å². The fraction of sp³-hybridized carbons (Fsp3) is 0.393. The Bertz CT molecular complexity index is 1810. The van der Waals surface area contributed by atoms with E-state index in [2.05, 4.69) is 20.2 Å². The van der Waals surface area contributed by atoms with Crippen molar-refractivity contribution >= 4 is 32.6 Å². The number of aromatic nitrogens is 7. The lowest BCUT2D eigenvalue weighted by atomic mass is 9.87. The van der Waals surface area contributed by atoms with E-state index >= 15 is 0 Å². The van der Waals surface area contributed by atoms with Crippen molar-refractivity contribution < 1.29 is 13.2 Å². The third-order valence-electron chi connectivity index (χ3n) is 8.30. The number of piperidine rings is 1. The summed E-state index contributed by atoms with van der Waals surface area (Å²) in [6.07, 6.45) is 17.3. The number of carbonyl (C=O) groups is 1. The van der Waals surface area contributed by atoms with Gasteiger partial charge in [0.1, 0.15) is 16.7 Å². The Labute approximate surface area is 231 Å². The molecule has 0 unspecified atom stereocenters. The van der Waals surface area contributed by atoms with Gasteiger partial charge in [-0.2, -0.15) is 22.7 Å². The van der Waals surface area contributed by atoms with E-state index < -0.39 is 10.0 Å². The van der Waals surface area contributed by atoms with Crippen LogP contribution < -0.4 is 0 Å². The second-order valence-corrected chi connectivity index (χ2v) is 12.5. The molecule has 2 aliphatic rings. The fourth-order valence-corrected chi connectivity index (χ4v) is 7.41. The molecule has 6 heterocycles. The number of amides is 1. The van der Waals surface area contributed by atoms with Gasteiger partial charge in [0.15, 0.2) is 5.03 Å². The Morgan fingerprint density at radius 3 is 2.52 bits per heavy atom. The molecule has 0 radical (unpaired) electrons. The third kappa shape index (κ3) is 4.26. The first kappa shape index (κ1) is 24.9. The molecule has 5 aromatic heterocycles. The summed E-state index contributed by atoms with van der Waals surface area (Å²) in [7, 11) is -4.02. The molecule has 206 valence electrons. The molecule has 1 saturated carbocycles. The molecule has 12 heteroatoms. The number of carbonyl (C=O) groups excluding carboxylic acids is 1. The van der Waals surface area contributed by atoms with Gasteiger partial charge in [-0.05, 0) is 43.9 Å². The van der Waals surface area contributed by atoms with Crippen LogP contribution in [0.2, 0.25) is 0 Å². The van der Waals surface area contributed by atoms with Gasteiger partial charge in [-0.15, -0.1) is 0 Å². The largest absolute Gasteiger partial charge is 0.342 e. The van der Waals surface area contributed by atoms with Crippen LogP contribution in [0.4, 0.5) is 0 Å². The Morgan fingerprint density at radius 2 is 1.70 bits per heavy atom. The van der Waals surface area contributed by atoms with Gasteiger partial charge in [0.25, 0.3) is 0 Å². The molecule has 5 aromatic rings. The molecule has 1 aliphatic carbocycles. The van der Waals surface area contributed by atoms with Crippen LogP contribution in [0.5, 0.6) is 0 Å². The first-order chi connectivity index (χ1) is 19.5. The van der Waals surface area contributed by atoms with E-state index in [4.69, 9.17) is 0 Å². The highest BCUT2D eigenvalue weighted by molar-refractivity contribution is 7.90. The summed E-state index contributed by atoms with van der Waals surface area (Å²) in [5, 5.41) is 8.82. The van der Waals surface area contributed by atoms with Gasteiger partial charge < -0.3 is 4.90 Å². The van der Waals surface area contributed by atoms with E-state index in [0.29, 0.717) is 22.6 Å². The molecule has 11 nitrogen and oxygen atoms in total. The van der Waals surface area contributed by atoms with Gasteiger partial charge in [0, 0.05) is 48.7 Å². The third-order valence-corrected chi connectivity index (χ3v) is 9.88. The Balaban J connectivity index is 1.11. The normalized spacial score (nSPS) is 17.6. The number of fused-ring (bicyclic) bond motifs is 2. The quantitative estimate of drug-likeness (QED) is 0.321. The van der Waals surface area contributed by atoms with E-state index in [1.807, 2.05) is 15.8 Å². The van der Waals surface area contributed by atoms with E-state index in [1.54, 1.807) is 42.9 Å². The van der Waals surface area contributed by atoms with Crippen LogP contribution in [0.25, 0.3) is 27.8 Å². The predicted molar refractivity (Wildman–Crippen MR) is 148 cm³/mol. The molecular weight excluding hydrogens is 528 g/mol. The summed E-state index contributed by atoms with van der Waals surface area (Å²) >= 11 is 0. The maximum atomic E-state index is 13.6. The van der Waals surface area contributed by atoms with Crippen molar-refractivity contribution in [1.29, 1.82) is 0 Å². The molecule has 1 aliphatic heterocycles. The Kier molecular flexibility index (Phi) is 6.14. The first-order valence-corrected chi connectivity index (χ1v) is 15.3. The number of imidazole rings is 1. The SMILES string of the molecule is O=C(C1CCCCC1)N1CCC(n2cc(-c3cnc4cnn(S(=O)(=O)c5cnc6ccccn56)c4c3)cn2)CC1. The van der Waals surface area contributed by atoms with Crippen molar-refractivity contribution in [3.63, 3.8) is 0 Å². The Hall–Kier alpha value is -4.06. The zero-order valence-corrected chi connectivity index (χ0v) is 22.8. The van der Waals surface area contributed by atoms with E-state index in [9.17, 15) is 13.2 Å². The van der Waals surface area contributed by atoms with Crippen LogP contribution in [-0.2, 0) is 14.8 Å². The van der Waals surface area contributed by atoms with E-state index in [-0.39, 0.29) is 17.0 Å². The van der Waals surface area contributed by atoms with Crippen LogP contribution in [0.15, 0.2) is 66.5 Å². The molecular formula is C28H30N8O3S. The number of hydrogen-bond acceptors (Lipinski definition) is 7. The van der Waals surface area contributed by atoms with Gasteiger partial charge in [0.05, 0.1) is 24.6 Å². The van der Waals surface area contributed by atoms with Crippen LogP contribution in [0, 0.1) is 5.92 Å². The smallest absolute Gasteiger partial charge is 0.301 e. The topological polar surface area (TPSA) is 120 Å². The number of likely N-dealkylation sites (tertiary alicyclic amines) is 1. The zero-order valence-electron chi connectivity index (χ0n) is 22.0. The molecule has 7 rings (SSSR count). The summed E-state index contributed by atoms with van der Waals surface area (Å²) in [6.45, 7) is 1.51. The van der Waals surface area contributed by atoms with Crippen LogP contribution in [0.1, 0.15) is 51.0 Å². The van der Waals surface area contributed by atoms with Crippen molar-refractivity contribution in [2.24, 2.45) is 5.92 Å². The standard InChI is InChI=1S/C28H30N8O3S/c37-28(20-6-2-1-3-7-20)33-12-9-23(10-13-33)35-19-22(16-31-35)21-14-25-24(29-15-21)17-32-36(25)40(38,39)27-18-30-26-8-4-5-11-34(26)27/h4-5,8,11,14-20,23H,1-3,6-7,9-10,12-13H2. The lowest BCUT2D eigenvalue weighted by Crippen LogP contribution is -2.42. The summed E-state index contributed by atoms with van der Waals surface area (Å²) in [5.41, 5.74) is 2.98. The molecule has 0 N–H and O–H groups in total. The lowest BCUT2D eigenvalue weighted by molar-refractivity contribution is -0.137. The molecule has 1 saturated heterocycles. The maximum absolute atomic E-state index is 13.6. The molecule has 0 atom stereocenters. The second kappa shape index (κ2) is 9.84. The lowest BCUT2D eigenvalue weighted by Gasteiger charge is -2.35. The highest BCUT2D eigenvalue weighted by Gasteiger charge is 2.30. The average Bonchev–Trinajstić information content (AvgIpc) is 3.76. The van der Waals surface area contributed by atoms with Crippen LogP contribution in [0.3, 0.4) is 0 Å². The minimum absolute atomic E-state index is 0.0274. The highest BCUT2D eigenvalue weighted by atomic mass is 32.2. The molecule has 40 heavy (non-hydrogen) atoms. The van der Waals surface area contributed by atoms with Crippen LogP contribution >= 0.6 is 0 Å². The monoisotopic (exact) mass is 558 g/mol. The predicted octanol–water partition coefficient (Wildman–Crippen LogP) is 3.92. The average molecular weight is 559 g/mol.